The van der Waals surface area contributed by atoms with Crippen molar-refractivity contribution in [3.05, 3.63) is 45.9 Å². The monoisotopic (exact) mass is 311 g/mol. The molecule has 20 heavy (non-hydrogen) atoms. The molecule has 0 saturated heterocycles. The zero-order valence-corrected chi connectivity index (χ0v) is 12.3. The number of hydrogen-bond donors (Lipinski definition) is 1. The fourth-order valence-electron chi connectivity index (χ4n) is 1.60. The fourth-order valence-corrected chi connectivity index (χ4v) is 2.01. The van der Waals surface area contributed by atoms with Gasteiger partial charge in [0.25, 0.3) is 0 Å². The number of halogens is 2. The number of hydrogen-bond acceptors (Lipinski definition) is 4. The average Bonchev–Trinajstić information content (AvgIpc) is 2.38. The first-order valence-electron chi connectivity index (χ1n) is 5.66. The van der Waals surface area contributed by atoms with Crippen molar-refractivity contribution in [2.75, 3.05) is 0 Å². The van der Waals surface area contributed by atoms with E-state index in [1.54, 1.807) is 6.92 Å². The fraction of sp³-hybridized carbons (Fsp3) is 0.154. The van der Waals surface area contributed by atoms with Crippen molar-refractivity contribution in [1.82, 2.24) is 10.2 Å². The lowest BCUT2D eigenvalue weighted by molar-refractivity contribution is 0.451. The second-order valence-corrected chi connectivity index (χ2v) is 4.98. The number of aryl methyl sites for hydroxylation is 1. The Bertz CT molecular complexity index is 694. The van der Waals surface area contributed by atoms with Crippen LogP contribution >= 0.6 is 23.8 Å². The third kappa shape index (κ3) is 2.86. The highest BCUT2D eigenvalue weighted by Gasteiger charge is 2.16. The summed E-state index contributed by atoms with van der Waals surface area (Å²) in [6.45, 7) is 3.62. The summed E-state index contributed by atoms with van der Waals surface area (Å²) in [4.78, 5) is 0.156. The van der Waals surface area contributed by atoms with Crippen LogP contribution in [0.4, 0.5) is 4.39 Å². The number of ether oxygens (including phenoxy) is 1. The van der Waals surface area contributed by atoms with Crippen LogP contribution in [-0.2, 0) is 0 Å². The maximum atomic E-state index is 13.1. The van der Waals surface area contributed by atoms with Crippen molar-refractivity contribution in [1.29, 1.82) is 0 Å². The Morgan fingerprint density at radius 1 is 1.35 bits per heavy atom. The van der Waals surface area contributed by atoms with Crippen molar-refractivity contribution in [3.8, 4) is 11.6 Å². The Morgan fingerprint density at radius 2 is 2.05 bits per heavy atom. The van der Waals surface area contributed by atoms with E-state index in [4.69, 9.17) is 34.3 Å². The van der Waals surface area contributed by atoms with Crippen LogP contribution in [0.2, 0.25) is 5.02 Å². The lowest BCUT2D eigenvalue weighted by atomic mass is 10.1. The Balaban J connectivity index is 2.45. The Hall–Kier alpha value is -1.79. The van der Waals surface area contributed by atoms with Crippen LogP contribution in [0.5, 0.6) is 11.6 Å². The minimum atomic E-state index is -0.528. The molecule has 1 aromatic carbocycles. The van der Waals surface area contributed by atoms with Crippen molar-refractivity contribution >= 4 is 28.8 Å². The van der Waals surface area contributed by atoms with E-state index in [0.29, 0.717) is 17.0 Å². The van der Waals surface area contributed by atoms with Crippen LogP contribution in [-0.4, -0.2) is 15.2 Å². The molecule has 2 rings (SSSR count). The maximum Gasteiger partial charge on any atom is 0.249 e. The van der Waals surface area contributed by atoms with Gasteiger partial charge < -0.3 is 10.5 Å². The summed E-state index contributed by atoms with van der Waals surface area (Å²) in [5.41, 5.74) is 7.69. The number of nitrogens with zero attached hydrogens (tertiary/aromatic N) is 2. The molecule has 0 fully saturated rings. The summed E-state index contributed by atoms with van der Waals surface area (Å²) < 4.78 is 18.7. The third-order valence-electron chi connectivity index (χ3n) is 2.77. The van der Waals surface area contributed by atoms with Gasteiger partial charge in [-0.15, -0.1) is 5.10 Å². The van der Waals surface area contributed by atoms with Gasteiger partial charge in [0.15, 0.2) is 0 Å². The zero-order chi connectivity index (χ0) is 14.9. The van der Waals surface area contributed by atoms with Gasteiger partial charge in [0.1, 0.15) is 16.6 Å². The van der Waals surface area contributed by atoms with E-state index in [0.717, 1.165) is 5.56 Å². The molecular formula is C13H11ClFN3OS. The minimum Gasteiger partial charge on any atom is -0.437 e. The smallest absolute Gasteiger partial charge is 0.249 e. The highest BCUT2D eigenvalue weighted by Crippen LogP contribution is 2.28. The first-order valence-corrected chi connectivity index (χ1v) is 6.45. The summed E-state index contributed by atoms with van der Waals surface area (Å²) in [7, 11) is 0. The van der Waals surface area contributed by atoms with Crippen LogP contribution in [0.25, 0.3) is 0 Å². The standard InChI is InChI=1S/C13H11ClFN3OS/c1-6-7(2)17-18-13(11(6)12(16)20)19-8-3-4-10(15)9(14)5-8/h3-5H,1-2H3,(H2,16,20). The van der Waals surface area contributed by atoms with Gasteiger partial charge in [-0.1, -0.05) is 23.8 Å². The molecule has 4 nitrogen and oxygen atoms in total. The van der Waals surface area contributed by atoms with E-state index in [1.807, 2.05) is 6.92 Å². The van der Waals surface area contributed by atoms with Gasteiger partial charge in [-0.3, -0.25) is 0 Å². The number of aromatic nitrogens is 2. The van der Waals surface area contributed by atoms with E-state index in [2.05, 4.69) is 10.2 Å². The van der Waals surface area contributed by atoms with Crippen LogP contribution in [0.15, 0.2) is 18.2 Å². The summed E-state index contributed by atoms with van der Waals surface area (Å²) in [6.07, 6.45) is 0. The van der Waals surface area contributed by atoms with Crippen molar-refractivity contribution in [2.24, 2.45) is 5.73 Å². The largest absolute Gasteiger partial charge is 0.437 e. The molecule has 0 spiro atoms. The molecule has 0 amide bonds. The summed E-state index contributed by atoms with van der Waals surface area (Å²) >= 11 is 10.7. The maximum absolute atomic E-state index is 13.1. The summed E-state index contributed by atoms with van der Waals surface area (Å²) in [5, 5.41) is 7.85. The molecule has 0 saturated carbocycles. The Kier molecular flexibility index (Phi) is 4.15. The van der Waals surface area contributed by atoms with Crippen LogP contribution in [0, 0.1) is 19.7 Å². The average molecular weight is 312 g/mol. The summed E-state index contributed by atoms with van der Waals surface area (Å²) in [5.74, 6) is -0.0329. The number of thiocarbonyl (C=S) groups is 1. The Labute approximate surface area is 125 Å². The molecule has 104 valence electrons. The quantitative estimate of drug-likeness (QED) is 0.881. The molecule has 1 heterocycles. The molecule has 7 heteroatoms. The van der Waals surface area contributed by atoms with Gasteiger partial charge in [-0.2, -0.15) is 5.10 Å². The number of benzene rings is 1. The number of nitrogens with two attached hydrogens (primary N) is 1. The van der Waals surface area contributed by atoms with Gasteiger partial charge in [0.2, 0.25) is 5.88 Å². The van der Waals surface area contributed by atoms with E-state index in [-0.39, 0.29) is 15.9 Å². The van der Waals surface area contributed by atoms with E-state index in [1.165, 1.54) is 18.2 Å². The van der Waals surface area contributed by atoms with Crippen molar-refractivity contribution in [2.45, 2.75) is 13.8 Å². The van der Waals surface area contributed by atoms with E-state index >= 15 is 0 Å². The van der Waals surface area contributed by atoms with Gasteiger partial charge in [0.05, 0.1) is 16.3 Å². The molecule has 0 atom stereocenters. The highest BCUT2D eigenvalue weighted by molar-refractivity contribution is 7.80. The lowest BCUT2D eigenvalue weighted by Gasteiger charge is -2.12. The Morgan fingerprint density at radius 3 is 2.65 bits per heavy atom. The first kappa shape index (κ1) is 14.6. The topological polar surface area (TPSA) is 61.0 Å². The molecule has 0 aliphatic rings. The van der Waals surface area contributed by atoms with Gasteiger partial charge in [0, 0.05) is 6.07 Å². The summed E-state index contributed by atoms with van der Waals surface area (Å²) in [6, 6.07) is 3.98. The molecule has 2 aromatic rings. The molecule has 0 aliphatic carbocycles. The minimum absolute atomic E-state index is 0.0452. The van der Waals surface area contributed by atoms with Crippen LogP contribution < -0.4 is 10.5 Å². The molecule has 0 unspecified atom stereocenters. The molecule has 2 N–H and O–H groups in total. The molecule has 0 bridgehead atoms. The predicted octanol–water partition coefficient (Wildman–Crippen LogP) is 3.31. The van der Waals surface area contributed by atoms with Crippen molar-refractivity contribution in [3.63, 3.8) is 0 Å². The molecule has 0 aliphatic heterocycles. The van der Waals surface area contributed by atoms with Gasteiger partial charge in [-0.25, -0.2) is 4.39 Å². The van der Waals surface area contributed by atoms with Gasteiger partial charge in [-0.05, 0) is 31.5 Å². The first-order chi connectivity index (χ1) is 9.40. The lowest BCUT2D eigenvalue weighted by Crippen LogP contribution is -2.15. The van der Waals surface area contributed by atoms with Crippen LogP contribution in [0.3, 0.4) is 0 Å². The second kappa shape index (κ2) is 5.68. The van der Waals surface area contributed by atoms with Crippen molar-refractivity contribution < 1.29 is 9.13 Å². The number of rotatable bonds is 3. The third-order valence-corrected chi connectivity index (χ3v) is 3.27. The molecule has 1 aromatic heterocycles. The zero-order valence-electron chi connectivity index (χ0n) is 10.8. The van der Waals surface area contributed by atoms with E-state index < -0.39 is 5.82 Å². The van der Waals surface area contributed by atoms with Crippen LogP contribution in [0.1, 0.15) is 16.8 Å². The molecular weight excluding hydrogens is 301 g/mol. The SMILES string of the molecule is Cc1nnc(Oc2ccc(F)c(Cl)c2)c(C(N)=S)c1C. The highest BCUT2D eigenvalue weighted by atomic mass is 35.5. The second-order valence-electron chi connectivity index (χ2n) is 4.13. The molecule has 0 radical (unpaired) electrons. The predicted molar refractivity (Wildman–Crippen MR) is 78.9 cm³/mol. The normalized spacial score (nSPS) is 10.4. The van der Waals surface area contributed by atoms with Gasteiger partial charge >= 0.3 is 0 Å². The van der Waals surface area contributed by atoms with E-state index in [9.17, 15) is 4.39 Å².